The number of nitrogens with one attached hydrogen (secondary N) is 1. The van der Waals surface area contributed by atoms with Crippen molar-refractivity contribution in [3.8, 4) is 23.0 Å². The second kappa shape index (κ2) is 4.75. The van der Waals surface area contributed by atoms with Gasteiger partial charge in [-0.2, -0.15) is 0 Å². The highest BCUT2D eigenvalue weighted by Crippen LogP contribution is 2.22. The molecular formula is C15H12N2O. The molecule has 2 aromatic carbocycles. The molecule has 0 spiro atoms. The van der Waals surface area contributed by atoms with Crippen LogP contribution in [0.1, 0.15) is 0 Å². The molecule has 0 atom stereocenters. The van der Waals surface area contributed by atoms with Gasteiger partial charge in [0.1, 0.15) is 11.6 Å². The van der Waals surface area contributed by atoms with Gasteiger partial charge in [-0.05, 0) is 12.1 Å². The normalized spacial score (nSPS) is 10.2. The van der Waals surface area contributed by atoms with Crippen LogP contribution in [0.4, 0.5) is 0 Å². The number of hydrogen-bond donors (Lipinski definition) is 1. The molecule has 88 valence electrons. The Morgan fingerprint density at radius 3 is 2.22 bits per heavy atom. The second-order valence-corrected chi connectivity index (χ2v) is 3.88. The first-order valence-corrected chi connectivity index (χ1v) is 5.75. The van der Waals surface area contributed by atoms with E-state index in [-0.39, 0.29) is 0 Å². The van der Waals surface area contributed by atoms with Gasteiger partial charge in [-0.15, -0.1) is 0 Å². The topological polar surface area (TPSA) is 37.9 Å². The Morgan fingerprint density at radius 2 is 1.50 bits per heavy atom. The van der Waals surface area contributed by atoms with Crippen LogP contribution in [0.2, 0.25) is 0 Å². The van der Waals surface area contributed by atoms with E-state index in [9.17, 15) is 0 Å². The van der Waals surface area contributed by atoms with E-state index in [0.29, 0.717) is 5.88 Å². The van der Waals surface area contributed by atoms with Gasteiger partial charge >= 0.3 is 0 Å². The van der Waals surface area contributed by atoms with E-state index in [2.05, 4.69) is 9.97 Å². The van der Waals surface area contributed by atoms with Gasteiger partial charge in [-0.25, -0.2) is 4.98 Å². The molecule has 0 radical (unpaired) electrons. The summed E-state index contributed by atoms with van der Waals surface area (Å²) < 4.78 is 5.66. The van der Waals surface area contributed by atoms with Crippen LogP contribution in [-0.2, 0) is 0 Å². The van der Waals surface area contributed by atoms with E-state index >= 15 is 0 Å². The second-order valence-electron chi connectivity index (χ2n) is 3.88. The molecule has 18 heavy (non-hydrogen) atoms. The van der Waals surface area contributed by atoms with Crippen LogP contribution >= 0.6 is 0 Å². The summed E-state index contributed by atoms with van der Waals surface area (Å²) in [5.74, 6) is 2.24. The number of rotatable bonds is 3. The fourth-order valence-electron chi connectivity index (χ4n) is 1.71. The smallest absolute Gasteiger partial charge is 0.217 e. The molecule has 0 aliphatic rings. The Morgan fingerprint density at radius 1 is 0.833 bits per heavy atom. The lowest BCUT2D eigenvalue weighted by Gasteiger charge is -2.01. The number of nitrogens with zero attached hydrogens (tertiary/aromatic N) is 1. The van der Waals surface area contributed by atoms with Crippen molar-refractivity contribution in [1.29, 1.82) is 0 Å². The average molecular weight is 236 g/mol. The maximum absolute atomic E-state index is 5.66. The SMILES string of the molecule is c1ccc(Oc2cnc(-c3ccccc3)[nH]2)cc1. The molecule has 3 aromatic rings. The monoisotopic (exact) mass is 236 g/mol. The molecule has 0 bridgehead atoms. The van der Waals surface area contributed by atoms with Gasteiger partial charge < -0.3 is 9.72 Å². The van der Waals surface area contributed by atoms with Crippen molar-refractivity contribution in [2.24, 2.45) is 0 Å². The summed E-state index contributed by atoms with van der Waals surface area (Å²) in [6.45, 7) is 0. The minimum Gasteiger partial charge on any atom is -0.439 e. The number of aromatic nitrogens is 2. The van der Waals surface area contributed by atoms with E-state index in [1.807, 2.05) is 60.7 Å². The van der Waals surface area contributed by atoms with Crippen molar-refractivity contribution in [1.82, 2.24) is 9.97 Å². The third kappa shape index (κ3) is 2.25. The standard InChI is InChI=1S/C15H12N2O/c1-3-7-12(8-4-1)15-16-11-14(17-15)18-13-9-5-2-6-10-13/h1-11H,(H,16,17). The molecule has 0 saturated carbocycles. The number of ether oxygens (including phenoxy) is 1. The highest BCUT2D eigenvalue weighted by Gasteiger charge is 2.04. The fraction of sp³-hybridized carbons (Fsp3) is 0. The largest absolute Gasteiger partial charge is 0.439 e. The van der Waals surface area contributed by atoms with Crippen LogP contribution in [0.3, 0.4) is 0 Å². The Kier molecular flexibility index (Phi) is 2.80. The first kappa shape index (κ1) is 10.6. The summed E-state index contributed by atoms with van der Waals surface area (Å²) in [6.07, 6.45) is 1.69. The summed E-state index contributed by atoms with van der Waals surface area (Å²) in [5, 5.41) is 0. The van der Waals surface area contributed by atoms with Gasteiger partial charge in [0.15, 0.2) is 0 Å². The molecule has 0 fully saturated rings. The van der Waals surface area contributed by atoms with Crippen LogP contribution in [0.5, 0.6) is 11.6 Å². The van der Waals surface area contributed by atoms with Gasteiger partial charge in [-0.3, -0.25) is 0 Å². The lowest BCUT2D eigenvalue weighted by atomic mass is 10.2. The van der Waals surface area contributed by atoms with Gasteiger partial charge in [0, 0.05) is 5.56 Å². The van der Waals surface area contributed by atoms with Gasteiger partial charge in [-0.1, -0.05) is 48.5 Å². The number of imidazole rings is 1. The zero-order valence-corrected chi connectivity index (χ0v) is 9.71. The summed E-state index contributed by atoms with van der Waals surface area (Å²) >= 11 is 0. The predicted molar refractivity (Wildman–Crippen MR) is 70.5 cm³/mol. The predicted octanol–water partition coefficient (Wildman–Crippen LogP) is 3.87. The van der Waals surface area contributed by atoms with Crippen LogP contribution in [0, 0.1) is 0 Å². The van der Waals surface area contributed by atoms with Crippen molar-refractivity contribution in [3.05, 3.63) is 66.9 Å². The highest BCUT2D eigenvalue weighted by atomic mass is 16.5. The molecule has 0 amide bonds. The van der Waals surface area contributed by atoms with E-state index in [1.165, 1.54) is 0 Å². The maximum Gasteiger partial charge on any atom is 0.217 e. The average Bonchev–Trinajstić information content (AvgIpc) is 2.89. The van der Waals surface area contributed by atoms with E-state index in [0.717, 1.165) is 17.1 Å². The molecule has 3 rings (SSSR count). The van der Waals surface area contributed by atoms with Crippen LogP contribution in [0.25, 0.3) is 11.4 Å². The van der Waals surface area contributed by atoms with Crippen molar-refractivity contribution >= 4 is 0 Å². The van der Waals surface area contributed by atoms with E-state index < -0.39 is 0 Å². The first-order chi connectivity index (χ1) is 8.92. The molecule has 0 saturated heterocycles. The molecule has 1 heterocycles. The van der Waals surface area contributed by atoms with Gasteiger partial charge in [0.25, 0.3) is 0 Å². The molecule has 3 heteroatoms. The van der Waals surface area contributed by atoms with E-state index in [1.54, 1.807) is 6.20 Å². The van der Waals surface area contributed by atoms with E-state index in [4.69, 9.17) is 4.74 Å². The van der Waals surface area contributed by atoms with Crippen LogP contribution < -0.4 is 4.74 Å². The number of aromatic amines is 1. The molecule has 0 aliphatic heterocycles. The Hall–Kier alpha value is -2.55. The minimum absolute atomic E-state index is 0.639. The molecule has 1 N–H and O–H groups in total. The zero-order chi connectivity index (χ0) is 12.2. The van der Waals surface area contributed by atoms with Crippen LogP contribution in [0.15, 0.2) is 66.9 Å². The van der Waals surface area contributed by atoms with Gasteiger partial charge in [0.2, 0.25) is 5.88 Å². The third-order valence-corrected chi connectivity index (χ3v) is 2.57. The molecule has 3 nitrogen and oxygen atoms in total. The lowest BCUT2D eigenvalue weighted by molar-refractivity contribution is 0.466. The van der Waals surface area contributed by atoms with Gasteiger partial charge in [0.05, 0.1) is 6.20 Å². The summed E-state index contributed by atoms with van der Waals surface area (Å²) in [6, 6.07) is 19.6. The molecule has 0 aliphatic carbocycles. The Bertz CT molecular complexity index is 617. The number of hydrogen-bond acceptors (Lipinski definition) is 2. The lowest BCUT2D eigenvalue weighted by Crippen LogP contribution is -1.83. The fourth-order valence-corrected chi connectivity index (χ4v) is 1.71. The van der Waals surface area contributed by atoms with Crippen molar-refractivity contribution in [2.45, 2.75) is 0 Å². The number of benzene rings is 2. The molecule has 0 unspecified atom stereocenters. The Labute approximate surface area is 105 Å². The van der Waals surface area contributed by atoms with Crippen molar-refractivity contribution in [2.75, 3.05) is 0 Å². The minimum atomic E-state index is 0.639. The number of H-pyrrole nitrogens is 1. The summed E-state index contributed by atoms with van der Waals surface area (Å²) in [7, 11) is 0. The maximum atomic E-state index is 5.66. The third-order valence-electron chi connectivity index (χ3n) is 2.57. The van der Waals surface area contributed by atoms with Crippen molar-refractivity contribution in [3.63, 3.8) is 0 Å². The Balaban J connectivity index is 1.82. The van der Waals surface area contributed by atoms with Crippen LogP contribution in [-0.4, -0.2) is 9.97 Å². The summed E-state index contributed by atoms with van der Waals surface area (Å²) in [5.41, 5.74) is 1.04. The quantitative estimate of drug-likeness (QED) is 0.749. The van der Waals surface area contributed by atoms with Crippen molar-refractivity contribution < 1.29 is 4.74 Å². The molecule has 1 aromatic heterocycles. The first-order valence-electron chi connectivity index (χ1n) is 5.75. The number of para-hydroxylation sites is 1. The highest BCUT2D eigenvalue weighted by molar-refractivity contribution is 5.55. The molecular weight excluding hydrogens is 224 g/mol. The summed E-state index contributed by atoms with van der Waals surface area (Å²) in [4.78, 5) is 7.45. The zero-order valence-electron chi connectivity index (χ0n) is 9.71.